The van der Waals surface area contributed by atoms with E-state index in [2.05, 4.69) is 6.58 Å². The molecule has 6 heteroatoms. The van der Waals surface area contributed by atoms with E-state index in [-0.39, 0.29) is 31.0 Å². The van der Waals surface area contributed by atoms with Crippen molar-refractivity contribution in [3.8, 4) is 0 Å². The van der Waals surface area contributed by atoms with Crippen molar-refractivity contribution in [3.63, 3.8) is 0 Å². The molecule has 0 aromatic heterocycles. The average Bonchev–Trinajstić information content (AvgIpc) is 1.30. The third-order valence-electron chi connectivity index (χ3n) is 0.418. The molecular weight excluding hydrogens is 186 g/mol. The summed E-state index contributed by atoms with van der Waals surface area (Å²) in [6, 6.07) is 0. The molecular formula is C3H11Cl2O3P. The first kappa shape index (κ1) is 16.3. The molecule has 0 aromatic carbocycles. The Morgan fingerprint density at radius 2 is 1.56 bits per heavy atom. The predicted molar refractivity (Wildman–Crippen MR) is 44.5 cm³/mol. The zero-order chi connectivity index (χ0) is 5.91. The topological polar surface area (TPSA) is 60.7 Å². The van der Waals surface area contributed by atoms with E-state index < -0.39 is 7.94 Å². The molecule has 0 atom stereocenters. The van der Waals surface area contributed by atoms with Crippen LogP contribution in [0.25, 0.3) is 0 Å². The molecule has 60 valence electrons. The first-order valence-electron chi connectivity index (χ1n) is 1.84. The Balaban J connectivity index is -0.000000180. The normalized spacial score (nSPS) is 10.6. The summed E-state index contributed by atoms with van der Waals surface area (Å²) >= 11 is 0. The Hall–Kier alpha value is 0.630. The Labute approximate surface area is 66.8 Å². The van der Waals surface area contributed by atoms with Gasteiger partial charge < -0.3 is 0 Å². The number of halogens is 2. The van der Waals surface area contributed by atoms with E-state index in [4.69, 9.17) is 14.7 Å². The first-order valence-corrected chi connectivity index (χ1v) is 3.89. The first-order chi connectivity index (χ1) is 3.06. The van der Waals surface area contributed by atoms with Gasteiger partial charge >= 0.3 is 41.4 Å². The quantitative estimate of drug-likeness (QED) is 0.445. The molecule has 9 heavy (non-hydrogen) atoms. The van der Waals surface area contributed by atoms with Gasteiger partial charge in [0.05, 0.1) is 0 Å². The van der Waals surface area contributed by atoms with Gasteiger partial charge in [-0.15, -0.1) is 24.8 Å². The monoisotopic (exact) mass is 196 g/mol. The van der Waals surface area contributed by atoms with Crippen LogP contribution in [-0.4, -0.2) is 20.8 Å². The van der Waals surface area contributed by atoms with Gasteiger partial charge in [-0.3, -0.25) is 0 Å². The van der Waals surface area contributed by atoms with Crippen molar-refractivity contribution in [2.45, 2.75) is 0 Å². The summed E-state index contributed by atoms with van der Waals surface area (Å²) in [5, 5.41) is 0. The van der Waals surface area contributed by atoms with Gasteiger partial charge in [0, 0.05) is 0 Å². The molecule has 0 saturated heterocycles. The van der Waals surface area contributed by atoms with Crippen LogP contribution in [0, 0.1) is 0 Å². The van der Waals surface area contributed by atoms with Gasteiger partial charge in [0.2, 0.25) is 0 Å². The van der Waals surface area contributed by atoms with Crippen molar-refractivity contribution in [3.05, 3.63) is 12.7 Å². The van der Waals surface area contributed by atoms with Crippen LogP contribution < -0.4 is 0 Å². The fourth-order valence-electron chi connectivity index (χ4n) is 0.194. The zero-order valence-electron chi connectivity index (χ0n) is 4.65. The van der Waals surface area contributed by atoms with Gasteiger partial charge in [-0.05, 0) is 0 Å². The van der Waals surface area contributed by atoms with Gasteiger partial charge in [0.1, 0.15) is 0 Å². The summed E-state index contributed by atoms with van der Waals surface area (Å²) in [6.07, 6.45) is 1.18. The Kier molecular flexibility index (Phi) is 12.2. The molecule has 0 aliphatic rings. The van der Waals surface area contributed by atoms with Gasteiger partial charge in [0.25, 0.3) is 0 Å². The van der Waals surface area contributed by atoms with Crippen molar-refractivity contribution >= 4 is 32.8 Å². The second kappa shape index (κ2) is 6.75. The van der Waals surface area contributed by atoms with Crippen LogP contribution >= 0.6 is 32.8 Å². The second-order valence-corrected chi connectivity index (χ2v) is 3.22. The molecule has 0 aliphatic heterocycles. The molecule has 0 radical (unpaired) electrons. The predicted octanol–water partition coefficient (Wildman–Crippen LogP) is 0.488. The minimum atomic E-state index is -3.78. The van der Waals surface area contributed by atoms with Crippen LogP contribution in [0.15, 0.2) is 12.7 Å². The summed E-state index contributed by atoms with van der Waals surface area (Å²) < 4.78 is 0. The number of allylic oxidation sites excluding steroid dienone is 1. The molecule has 3 nitrogen and oxygen atoms in total. The minimum Gasteiger partial charge on any atom is -0.147 e. The van der Waals surface area contributed by atoms with Crippen LogP contribution in [-0.2, 0) is 0 Å². The molecule has 0 aliphatic carbocycles. The molecule has 0 rings (SSSR count). The van der Waals surface area contributed by atoms with Crippen molar-refractivity contribution in [2.24, 2.45) is 0 Å². The molecule has 0 aromatic rings. The maximum Gasteiger partial charge on any atom is -0.147 e. The molecule has 0 bridgehead atoms. The molecule has 0 fully saturated rings. The molecule has 0 heterocycles. The van der Waals surface area contributed by atoms with E-state index in [1.807, 2.05) is 0 Å². The van der Waals surface area contributed by atoms with Crippen molar-refractivity contribution in [1.82, 2.24) is 0 Å². The summed E-state index contributed by atoms with van der Waals surface area (Å²) in [6.45, 7) is 3.20. The Bertz CT molecular complexity index is 71.9. The Morgan fingerprint density at radius 3 is 1.56 bits per heavy atom. The minimum absolute atomic E-state index is 0. The van der Waals surface area contributed by atoms with Crippen LogP contribution in [0.1, 0.15) is 0 Å². The smallest absolute Gasteiger partial charge is 0.147 e. The van der Waals surface area contributed by atoms with E-state index in [1.165, 1.54) is 6.08 Å². The summed E-state index contributed by atoms with van der Waals surface area (Å²) in [4.78, 5) is 24.6. The fraction of sp³-hybridized carbons (Fsp3) is 0.333. The fourth-order valence-corrected chi connectivity index (χ4v) is 0.581. The van der Waals surface area contributed by atoms with E-state index in [0.717, 1.165) is 0 Å². The van der Waals surface area contributed by atoms with Crippen LogP contribution in [0.5, 0.6) is 0 Å². The van der Waals surface area contributed by atoms with Gasteiger partial charge in [-0.2, -0.15) is 0 Å². The van der Waals surface area contributed by atoms with Gasteiger partial charge in [-0.25, -0.2) is 0 Å². The molecule has 0 amide bonds. The Morgan fingerprint density at radius 1 is 1.22 bits per heavy atom. The molecule has 0 spiro atoms. The largest absolute Gasteiger partial charge is 0.147 e. The van der Waals surface area contributed by atoms with Crippen molar-refractivity contribution in [1.29, 1.82) is 0 Å². The van der Waals surface area contributed by atoms with Crippen LogP contribution in [0.3, 0.4) is 0 Å². The third-order valence-corrected chi connectivity index (χ3v) is 1.25. The molecule has 3 N–H and O–H groups in total. The van der Waals surface area contributed by atoms with E-state index in [0.29, 0.717) is 0 Å². The SMILES string of the molecule is C=CC[PH](O)(O)O.Cl.Cl. The number of rotatable bonds is 2. The molecule has 0 unspecified atom stereocenters. The molecule has 0 saturated carbocycles. The van der Waals surface area contributed by atoms with E-state index >= 15 is 0 Å². The third kappa shape index (κ3) is 17.7. The van der Waals surface area contributed by atoms with Gasteiger partial charge in [-0.1, -0.05) is 0 Å². The number of hydrogen-bond donors (Lipinski definition) is 3. The van der Waals surface area contributed by atoms with E-state index in [1.54, 1.807) is 0 Å². The summed E-state index contributed by atoms with van der Waals surface area (Å²) in [7, 11) is -3.78. The average molecular weight is 197 g/mol. The maximum atomic E-state index is 8.20. The van der Waals surface area contributed by atoms with Gasteiger partial charge in [0.15, 0.2) is 0 Å². The summed E-state index contributed by atoms with van der Waals surface area (Å²) in [5.74, 6) is 0. The second-order valence-electron chi connectivity index (χ2n) is 1.27. The van der Waals surface area contributed by atoms with Crippen LogP contribution in [0.4, 0.5) is 0 Å². The van der Waals surface area contributed by atoms with E-state index in [9.17, 15) is 0 Å². The standard InChI is InChI=1S/C3H9O3P.2ClH/c1-2-3-7(4,5)6;;/h2,4-7H,1,3H2;2*1H. The maximum absolute atomic E-state index is 8.20. The summed E-state index contributed by atoms with van der Waals surface area (Å²) in [5.41, 5.74) is 0. The zero-order valence-corrected chi connectivity index (χ0v) is 7.28. The van der Waals surface area contributed by atoms with Crippen molar-refractivity contribution < 1.29 is 14.7 Å². The van der Waals surface area contributed by atoms with Crippen LogP contribution in [0.2, 0.25) is 0 Å². The van der Waals surface area contributed by atoms with Crippen molar-refractivity contribution in [2.75, 3.05) is 6.16 Å². The number of hydrogen-bond acceptors (Lipinski definition) is 3.